The molecule has 0 N–H and O–H groups in total. The lowest BCUT2D eigenvalue weighted by molar-refractivity contribution is -0.148. The summed E-state index contributed by atoms with van der Waals surface area (Å²) in [6.07, 6.45) is 4.79. The van der Waals surface area contributed by atoms with Crippen molar-refractivity contribution in [1.29, 1.82) is 0 Å². The molecule has 86 valence electrons. The normalized spacial score (nSPS) is 39.8. The van der Waals surface area contributed by atoms with Crippen LogP contribution in [0.2, 0.25) is 0 Å². The molecular formula is C11H18O3S. The number of hydrogen-bond acceptors (Lipinski definition) is 3. The summed E-state index contributed by atoms with van der Waals surface area (Å²) in [7, 11) is -0.685. The molecule has 0 spiro atoms. The van der Waals surface area contributed by atoms with Gasteiger partial charge in [-0.05, 0) is 32.6 Å². The summed E-state index contributed by atoms with van der Waals surface area (Å²) < 4.78 is 16.9. The lowest BCUT2D eigenvalue weighted by Gasteiger charge is -2.37. The van der Waals surface area contributed by atoms with Gasteiger partial charge in [-0.3, -0.25) is 9.00 Å². The van der Waals surface area contributed by atoms with E-state index in [1.54, 1.807) is 0 Å². The summed E-state index contributed by atoms with van der Waals surface area (Å²) in [6.45, 7) is 2.29. The topological polar surface area (TPSA) is 43.4 Å². The number of rotatable bonds is 2. The van der Waals surface area contributed by atoms with Crippen molar-refractivity contribution in [1.82, 2.24) is 0 Å². The van der Waals surface area contributed by atoms with Gasteiger partial charge in [-0.2, -0.15) is 0 Å². The maximum atomic E-state index is 11.9. The van der Waals surface area contributed by atoms with Crippen LogP contribution in [0.3, 0.4) is 0 Å². The largest absolute Gasteiger partial charge is 0.466 e. The van der Waals surface area contributed by atoms with E-state index in [0.717, 1.165) is 25.7 Å². The second-order valence-corrected chi connectivity index (χ2v) is 6.41. The Hall–Kier alpha value is -0.380. The number of fused-ring (bicyclic) bond motifs is 2. The molecule has 2 aliphatic heterocycles. The smallest absolute Gasteiger partial charge is 0.309 e. The molecule has 4 heteroatoms. The number of esters is 1. The van der Waals surface area contributed by atoms with Gasteiger partial charge in [0.25, 0.3) is 0 Å². The van der Waals surface area contributed by atoms with E-state index in [2.05, 4.69) is 0 Å². The van der Waals surface area contributed by atoms with Gasteiger partial charge in [0.15, 0.2) is 0 Å². The Bertz CT molecular complexity index is 261. The van der Waals surface area contributed by atoms with Gasteiger partial charge < -0.3 is 4.74 Å². The van der Waals surface area contributed by atoms with Crippen molar-refractivity contribution >= 4 is 16.8 Å². The van der Waals surface area contributed by atoms with Gasteiger partial charge in [0.2, 0.25) is 0 Å². The number of ether oxygens (including phenoxy) is 1. The van der Waals surface area contributed by atoms with Gasteiger partial charge in [-0.1, -0.05) is 6.42 Å². The minimum absolute atomic E-state index is 0.0120. The Morgan fingerprint density at radius 2 is 1.93 bits per heavy atom. The van der Waals surface area contributed by atoms with Crippen molar-refractivity contribution in [2.24, 2.45) is 5.92 Å². The minimum atomic E-state index is -0.685. The Morgan fingerprint density at radius 1 is 1.33 bits per heavy atom. The van der Waals surface area contributed by atoms with Crippen molar-refractivity contribution in [2.75, 3.05) is 6.61 Å². The van der Waals surface area contributed by atoms with Crippen LogP contribution in [0.25, 0.3) is 0 Å². The Labute approximate surface area is 93.0 Å². The maximum absolute atomic E-state index is 11.9. The molecule has 0 aromatic carbocycles. The number of hydrogen-bond donors (Lipinski definition) is 0. The Kier molecular flexibility index (Phi) is 3.44. The first kappa shape index (κ1) is 11.1. The summed E-state index contributed by atoms with van der Waals surface area (Å²) in [5, 5.41) is 0.513. The summed E-state index contributed by atoms with van der Waals surface area (Å²) in [5.74, 6) is -0.0657. The molecular weight excluding hydrogens is 212 g/mol. The highest BCUT2D eigenvalue weighted by Gasteiger charge is 2.40. The van der Waals surface area contributed by atoms with Gasteiger partial charge in [-0.25, -0.2) is 0 Å². The van der Waals surface area contributed by atoms with Crippen LogP contribution in [0.1, 0.15) is 39.0 Å². The summed E-state index contributed by atoms with van der Waals surface area (Å²) >= 11 is 0. The van der Waals surface area contributed by atoms with E-state index in [9.17, 15) is 9.00 Å². The van der Waals surface area contributed by atoms with Crippen molar-refractivity contribution in [3.8, 4) is 0 Å². The molecule has 2 saturated heterocycles. The molecule has 2 heterocycles. The molecule has 0 saturated carbocycles. The summed E-state index contributed by atoms with van der Waals surface area (Å²) in [6, 6.07) is 0. The van der Waals surface area contributed by atoms with Crippen molar-refractivity contribution < 1.29 is 13.7 Å². The molecule has 0 amide bonds. The standard InChI is InChI=1S/C11H18O3S/c1-2-14-11(12)8-6-9-4-3-5-10(7-8)15(9)13/h8-10H,2-7H2,1H3. The highest BCUT2D eigenvalue weighted by molar-refractivity contribution is 7.86. The van der Waals surface area contributed by atoms with E-state index in [1.807, 2.05) is 6.92 Å². The predicted molar refractivity (Wildman–Crippen MR) is 58.9 cm³/mol. The highest BCUT2D eigenvalue weighted by Crippen LogP contribution is 2.37. The van der Waals surface area contributed by atoms with Crippen molar-refractivity contribution in [2.45, 2.75) is 49.5 Å². The van der Waals surface area contributed by atoms with Crippen LogP contribution in [0, 0.1) is 5.92 Å². The molecule has 2 bridgehead atoms. The van der Waals surface area contributed by atoms with Crippen LogP contribution in [0.15, 0.2) is 0 Å². The molecule has 2 rings (SSSR count). The average molecular weight is 230 g/mol. The molecule has 15 heavy (non-hydrogen) atoms. The second-order valence-electron chi connectivity index (χ2n) is 4.42. The van der Waals surface area contributed by atoms with Crippen LogP contribution < -0.4 is 0 Å². The van der Waals surface area contributed by atoms with Crippen molar-refractivity contribution in [3.63, 3.8) is 0 Å². The zero-order chi connectivity index (χ0) is 10.8. The monoisotopic (exact) mass is 230 g/mol. The van der Waals surface area contributed by atoms with Crippen LogP contribution >= 0.6 is 0 Å². The van der Waals surface area contributed by atoms with Gasteiger partial charge in [-0.15, -0.1) is 0 Å². The van der Waals surface area contributed by atoms with Crippen LogP contribution in [-0.4, -0.2) is 27.3 Å². The molecule has 2 atom stereocenters. The molecule has 2 aliphatic rings. The third-order valence-electron chi connectivity index (χ3n) is 3.42. The van der Waals surface area contributed by atoms with E-state index in [0.29, 0.717) is 6.61 Å². The number of carbonyl (C=O) groups excluding carboxylic acids is 1. The summed E-state index contributed by atoms with van der Waals surface area (Å²) in [4.78, 5) is 11.6. The fraction of sp³-hybridized carbons (Fsp3) is 0.909. The van der Waals surface area contributed by atoms with E-state index in [1.165, 1.54) is 6.42 Å². The quantitative estimate of drug-likeness (QED) is 0.677. The molecule has 2 unspecified atom stereocenters. The van der Waals surface area contributed by atoms with Gasteiger partial charge in [0.1, 0.15) is 0 Å². The van der Waals surface area contributed by atoms with Gasteiger partial charge >= 0.3 is 5.97 Å². The third kappa shape index (κ3) is 2.25. The van der Waals surface area contributed by atoms with Gasteiger partial charge in [0.05, 0.1) is 12.5 Å². The Morgan fingerprint density at radius 3 is 2.47 bits per heavy atom. The molecule has 0 radical (unpaired) electrons. The lowest BCUT2D eigenvalue weighted by Crippen LogP contribution is -2.41. The first-order valence-electron chi connectivity index (χ1n) is 5.78. The molecule has 0 aromatic heterocycles. The van der Waals surface area contributed by atoms with E-state index in [-0.39, 0.29) is 22.4 Å². The SMILES string of the molecule is CCOC(=O)C1CC2CCCC(C1)S2=O. The zero-order valence-electron chi connectivity index (χ0n) is 9.11. The van der Waals surface area contributed by atoms with Crippen LogP contribution in [-0.2, 0) is 20.3 Å². The van der Waals surface area contributed by atoms with Crippen LogP contribution in [0.4, 0.5) is 0 Å². The maximum Gasteiger partial charge on any atom is 0.309 e. The lowest BCUT2D eigenvalue weighted by atomic mass is 9.89. The molecule has 2 fully saturated rings. The fourth-order valence-electron chi connectivity index (χ4n) is 2.69. The van der Waals surface area contributed by atoms with Crippen molar-refractivity contribution in [3.05, 3.63) is 0 Å². The van der Waals surface area contributed by atoms with E-state index in [4.69, 9.17) is 4.74 Å². The zero-order valence-corrected chi connectivity index (χ0v) is 9.92. The fourth-order valence-corrected chi connectivity index (χ4v) is 4.87. The third-order valence-corrected chi connectivity index (χ3v) is 5.59. The first-order chi connectivity index (χ1) is 7.22. The predicted octanol–water partition coefficient (Wildman–Crippen LogP) is 1.63. The summed E-state index contributed by atoms with van der Waals surface area (Å²) in [5.41, 5.74) is 0. The highest BCUT2D eigenvalue weighted by atomic mass is 32.2. The average Bonchev–Trinajstić information content (AvgIpc) is 2.17. The van der Waals surface area contributed by atoms with E-state index < -0.39 is 10.8 Å². The number of carbonyl (C=O) groups is 1. The van der Waals surface area contributed by atoms with Gasteiger partial charge in [0, 0.05) is 21.3 Å². The van der Waals surface area contributed by atoms with Crippen LogP contribution in [0.5, 0.6) is 0 Å². The van der Waals surface area contributed by atoms with E-state index >= 15 is 0 Å². The first-order valence-corrected chi connectivity index (χ1v) is 7.06. The molecule has 0 aliphatic carbocycles. The minimum Gasteiger partial charge on any atom is -0.466 e. The Balaban J connectivity index is 2.01. The molecule has 0 aromatic rings. The second kappa shape index (κ2) is 4.64. The molecule has 3 nitrogen and oxygen atoms in total.